The Bertz CT molecular complexity index is 1030. The van der Waals surface area contributed by atoms with Gasteiger partial charge in [-0.2, -0.15) is 0 Å². The predicted octanol–water partition coefficient (Wildman–Crippen LogP) is 5.73. The van der Waals surface area contributed by atoms with Gasteiger partial charge in [-0.25, -0.2) is 0 Å². The van der Waals surface area contributed by atoms with Crippen molar-refractivity contribution in [2.24, 2.45) is 5.92 Å². The summed E-state index contributed by atoms with van der Waals surface area (Å²) in [6.45, 7) is 5.14. The SMILES string of the molecule is CC(C)CCOc1ccc(NC(=O)CNc2ccc(NC(=O)CCc3ccccc3)cc2)cc1. The molecule has 3 N–H and O–H groups in total. The van der Waals surface area contributed by atoms with Crippen LogP contribution in [-0.4, -0.2) is 25.0 Å². The maximum absolute atomic E-state index is 12.3. The Hall–Kier alpha value is -3.80. The molecule has 6 heteroatoms. The molecule has 0 aliphatic heterocycles. The highest BCUT2D eigenvalue weighted by molar-refractivity contribution is 5.94. The third-order valence-corrected chi connectivity index (χ3v) is 5.21. The molecule has 0 saturated heterocycles. The minimum Gasteiger partial charge on any atom is -0.494 e. The number of hydrogen-bond acceptors (Lipinski definition) is 4. The molecule has 0 atom stereocenters. The van der Waals surface area contributed by atoms with E-state index in [-0.39, 0.29) is 18.4 Å². The van der Waals surface area contributed by atoms with Gasteiger partial charge in [0.1, 0.15) is 5.75 Å². The maximum Gasteiger partial charge on any atom is 0.243 e. The van der Waals surface area contributed by atoms with Crippen LogP contribution in [0.25, 0.3) is 0 Å². The average molecular weight is 460 g/mol. The number of nitrogens with one attached hydrogen (secondary N) is 3. The molecule has 0 unspecified atom stereocenters. The van der Waals surface area contributed by atoms with Gasteiger partial charge in [0.2, 0.25) is 11.8 Å². The highest BCUT2D eigenvalue weighted by Gasteiger charge is 2.06. The average Bonchev–Trinajstić information content (AvgIpc) is 2.84. The van der Waals surface area contributed by atoms with Gasteiger partial charge in [-0.3, -0.25) is 9.59 Å². The zero-order chi connectivity index (χ0) is 24.2. The van der Waals surface area contributed by atoms with E-state index in [0.29, 0.717) is 25.4 Å². The molecule has 0 aliphatic rings. The Morgan fingerprint density at radius 1 is 0.765 bits per heavy atom. The van der Waals surface area contributed by atoms with E-state index >= 15 is 0 Å². The fourth-order valence-electron chi connectivity index (χ4n) is 3.23. The van der Waals surface area contributed by atoms with Crippen LogP contribution in [0.5, 0.6) is 5.75 Å². The molecule has 0 saturated carbocycles. The van der Waals surface area contributed by atoms with Gasteiger partial charge in [0.05, 0.1) is 13.2 Å². The van der Waals surface area contributed by atoms with E-state index in [4.69, 9.17) is 4.74 Å². The zero-order valence-corrected chi connectivity index (χ0v) is 19.8. The summed E-state index contributed by atoms with van der Waals surface area (Å²) in [5.74, 6) is 1.22. The molecule has 0 aromatic heterocycles. The molecular formula is C28H33N3O3. The number of rotatable bonds is 12. The minimum atomic E-state index is -0.147. The maximum atomic E-state index is 12.3. The van der Waals surface area contributed by atoms with E-state index in [1.54, 1.807) is 0 Å². The fourth-order valence-corrected chi connectivity index (χ4v) is 3.23. The molecule has 0 spiro atoms. The van der Waals surface area contributed by atoms with Crippen molar-refractivity contribution in [1.29, 1.82) is 0 Å². The molecule has 34 heavy (non-hydrogen) atoms. The van der Waals surface area contributed by atoms with Crippen molar-refractivity contribution in [2.75, 3.05) is 29.1 Å². The molecule has 0 radical (unpaired) electrons. The minimum absolute atomic E-state index is 0.0275. The van der Waals surface area contributed by atoms with Crippen LogP contribution >= 0.6 is 0 Å². The summed E-state index contributed by atoms with van der Waals surface area (Å²) in [4.78, 5) is 24.4. The third kappa shape index (κ3) is 8.98. The first-order valence-electron chi connectivity index (χ1n) is 11.7. The van der Waals surface area contributed by atoms with Gasteiger partial charge in [-0.05, 0) is 72.9 Å². The Labute approximate surface area is 201 Å². The van der Waals surface area contributed by atoms with Crippen molar-refractivity contribution < 1.29 is 14.3 Å². The van der Waals surface area contributed by atoms with Gasteiger partial charge in [0.15, 0.2) is 0 Å². The van der Waals surface area contributed by atoms with Crippen LogP contribution in [-0.2, 0) is 16.0 Å². The molecule has 0 aliphatic carbocycles. The van der Waals surface area contributed by atoms with Crippen LogP contribution in [0.15, 0.2) is 78.9 Å². The highest BCUT2D eigenvalue weighted by Crippen LogP contribution is 2.17. The van der Waals surface area contributed by atoms with Crippen molar-refractivity contribution in [1.82, 2.24) is 0 Å². The lowest BCUT2D eigenvalue weighted by Gasteiger charge is -2.11. The second-order valence-electron chi connectivity index (χ2n) is 8.57. The summed E-state index contributed by atoms with van der Waals surface area (Å²) in [5.41, 5.74) is 3.38. The van der Waals surface area contributed by atoms with E-state index in [9.17, 15) is 9.59 Å². The molecular weight excluding hydrogens is 426 g/mol. The monoisotopic (exact) mass is 459 g/mol. The van der Waals surface area contributed by atoms with E-state index in [1.807, 2.05) is 78.9 Å². The van der Waals surface area contributed by atoms with E-state index in [1.165, 1.54) is 0 Å². The molecule has 178 valence electrons. The van der Waals surface area contributed by atoms with E-state index in [0.717, 1.165) is 34.8 Å². The largest absolute Gasteiger partial charge is 0.494 e. The predicted molar refractivity (Wildman–Crippen MR) is 138 cm³/mol. The van der Waals surface area contributed by atoms with Crippen LogP contribution < -0.4 is 20.7 Å². The lowest BCUT2D eigenvalue weighted by molar-refractivity contribution is -0.116. The smallest absolute Gasteiger partial charge is 0.243 e. The topological polar surface area (TPSA) is 79.5 Å². The van der Waals surface area contributed by atoms with E-state index in [2.05, 4.69) is 29.8 Å². The number of hydrogen-bond donors (Lipinski definition) is 3. The molecule has 0 bridgehead atoms. The second-order valence-corrected chi connectivity index (χ2v) is 8.57. The van der Waals surface area contributed by atoms with E-state index < -0.39 is 0 Å². The summed E-state index contributed by atoms with van der Waals surface area (Å²) in [7, 11) is 0. The van der Waals surface area contributed by atoms with Crippen molar-refractivity contribution >= 4 is 28.9 Å². The summed E-state index contributed by atoms with van der Waals surface area (Å²) in [6.07, 6.45) is 2.14. The number of ether oxygens (including phenoxy) is 1. The number of aryl methyl sites for hydroxylation is 1. The Kier molecular flexibility index (Phi) is 9.52. The van der Waals surface area contributed by atoms with Gasteiger partial charge in [-0.1, -0.05) is 44.2 Å². The second kappa shape index (κ2) is 13.0. The number of carbonyl (C=O) groups is 2. The normalized spacial score (nSPS) is 10.6. The Morgan fingerprint density at radius 3 is 2.00 bits per heavy atom. The first-order chi connectivity index (χ1) is 16.5. The zero-order valence-electron chi connectivity index (χ0n) is 19.8. The molecule has 2 amide bonds. The summed E-state index contributed by atoms with van der Waals surface area (Å²) < 4.78 is 5.70. The third-order valence-electron chi connectivity index (χ3n) is 5.21. The lowest BCUT2D eigenvalue weighted by Crippen LogP contribution is -2.21. The standard InChI is InChI=1S/C28H33N3O3/c1-21(2)18-19-34-26-15-13-25(14-16-26)31-28(33)20-29-23-9-11-24(12-10-23)30-27(32)17-8-22-6-4-3-5-7-22/h3-7,9-16,21,29H,8,17-20H2,1-2H3,(H,30,32)(H,31,33). The quantitative estimate of drug-likeness (QED) is 0.323. The van der Waals surface area contributed by atoms with Gasteiger partial charge in [0, 0.05) is 23.5 Å². The van der Waals surface area contributed by atoms with Crippen LogP contribution in [0.3, 0.4) is 0 Å². The Morgan fingerprint density at radius 2 is 1.35 bits per heavy atom. The molecule has 0 heterocycles. The van der Waals surface area contributed by atoms with Crippen LogP contribution in [0.4, 0.5) is 17.1 Å². The van der Waals surface area contributed by atoms with Gasteiger partial charge >= 0.3 is 0 Å². The number of amides is 2. The number of anilines is 3. The van der Waals surface area contributed by atoms with Gasteiger partial charge in [0.25, 0.3) is 0 Å². The highest BCUT2D eigenvalue weighted by atomic mass is 16.5. The first-order valence-corrected chi connectivity index (χ1v) is 11.7. The molecule has 3 aromatic carbocycles. The summed E-state index contributed by atoms with van der Waals surface area (Å²) in [6, 6.07) is 24.6. The van der Waals surface area contributed by atoms with Gasteiger partial charge < -0.3 is 20.7 Å². The fraction of sp³-hybridized carbons (Fsp3) is 0.286. The Balaban J connectivity index is 1.37. The molecule has 0 fully saturated rings. The number of carbonyl (C=O) groups excluding carboxylic acids is 2. The lowest BCUT2D eigenvalue weighted by atomic mass is 10.1. The first kappa shape index (κ1) is 24.8. The summed E-state index contributed by atoms with van der Waals surface area (Å²) in [5, 5.41) is 8.86. The molecule has 3 rings (SSSR count). The van der Waals surface area contributed by atoms with Crippen LogP contribution in [0.1, 0.15) is 32.3 Å². The number of benzene rings is 3. The van der Waals surface area contributed by atoms with Crippen LogP contribution in [0, 0.1) is 5.92 Å². The van der Waals surface area contributed by atoms with Crippen molar-refractivity contribution in [2.45, 2.75) is 33.1 Å². The van der Waals surface area contributed by atoms with Gasteiger partial charge in [-0.15, -0.1) is 0 Å². The summed E-state index contributed by atoms with van der Waals surface area (Å²) >= 11 is 0. The molecule has 3 aromatic rings. The van der Waals surface area contributed by atoms with Crippen molar-refractivity contribution in [3.63, 3.8) is 0 Å². The van der Waals surface area contributed by atoms with Crippen LogP contribution in [0.2, 0.25) is 0 Å². The van der Waals surface area contributed by atoms with Crippen molar-refractivity contribution in [3.05, 3.63) is 84.4 Å². The molecule has 6 nitrogen and oxygen atoms in total. The van der Waals surface area contributed by atoms with Crippen molar-refractivity contribution in [3.8, 4) is 5.75 Å².